The summed E-state index contributed by atoms with van der Waals surface area (Å²) in [7, 11) is -4.66. The molecule has 1 aliphatic carbocycles. The van der Waals surface area contributed by atoms with Crippen LogP contribution in [0, 0.1) is 11.8 Å². The van der Waals surface area contributed by atoms with Crippen molar-refractivity contribution in [2.75, 3.05) is 6.61 Å². The van der Waals surface area contributed by atoms with E-state index in [2.05, 4.69) is 115 Å². The van der Waals surface area contributed by atoms with E-state index in [0.29, 0.717) is 13.0 Å². The minimum Gasteiger partial charge on any atom is -0.416 e. The summed E-state index contributed by atoms with van der Waals surface area (Å²) in [5.41, 5.74) is 0. The average molecular weight is 543 g/mol. The van der Waals surface area contributed by atoms with Crippen molar-refractivity contribution in [3.8, 4) is 0 Å². The second-order valence-corrected chi connectivity index (χ2v) is 22.0. The van der Waals surface area contributed by atoms with Gasteiger partial charge in [-0.1, -0.05) is 114 Å². The number of halogens is 1. The van der Waals surface area contributed by atoms with Gasteiger partial charge in [0.05, 0.1) is 6.10 Å². The Morgan fingerprint density at radius 3 is 1.78 bits per heavy atom. The monoisotopic (exact) mass is 542 g/mol. The van der Waals surface area contributed by atoms with Crippen molar-refractivity contribution < 1.29 is 13.6 Å². The Morgan fingerprint density at radius 2 is 1.36 bits per heavy atom. The number of hydrogen-bond donors (Lipinski definition) is 0. The summed E-state index contributed by atoms with van der Waals surface area (Å²) < 4.78 is 13.7. The topological polar surface area (TPSA) is 35.5 Å². The highest BCUT2D eigenvalue weighted by molar-refractivity contribution is 6.99. The fraction of sp³-hybridized carbons (Fsp3) is 0.500. The van der Waals surface area contributed by atoms with Crippen molar-refractivity contribution in [1.82, 2.24) is 0 Å². The molecule has 0 radical (unpaired) electrons. The fourth-order valence-corrected chi connectivity index (χ4v) is 10.8. The minimum absolute atomic E-state index is 0.0388. The third kappa shape index (κ3) is 6.13. The summed E-state index contributed by atoms with van der Waals surface area (Å²) in [5.74, 6) is -0.368. The molecule has 3 rings (SSSR count). The Bertz CT molecular complexity index is 1000. The standard InChI is InChI=1S/C30H43ClO3Si2/c1-29(2,3)35(7,8)33-22-23-19-20-24(21-27(23)28(31)32)34-36(30(4,5)6,25-15-11-9-12-16-25)26-17-13-10-14-18-26/h9-20,23-24,27H,21-22H2,1-8H3/t23-,24-,27-/m1/s1. The first-order valence-electron chi connectivity index (χ1n) is 13.0. The van der Waals surface area contributed by atoms with Crippen LogP contribution in [0.4, 0.5) is 0 Å². The second-order valence-electron chi connectivity index (χ2n) is 12.6. The fourth-order valence-electron chi connectivity index (χ4n) is 4.86. The molecule has 36 heavy (non-hydrogen) atoms. The molecule has 0 bridgehead atoms. The zero-order valence-corrected chi connectivity index (χ0v) is 25.9. The maximum atomic E-state index is 12.6. The van der Waals surface area contributed by atoms with Gasteiger partial charge in [0, 0.05) is 18.4 Å². The van der Waals surface area contributed by atoms with Crippen LogP contribution in [-0.4, -0.2) is 34.6 Å². The lowest BCUT2D eigenvalue weighted by Gasteiger charge is -2.46. The largest absolute Gasteiger partial charge is 0.416 e. The quantitative estimate of drug-likeness (QED) is 0.206. The van der Waals surface area contributed by atoms with Gasteiger partial charge in [0.25, 0.3) is 8.32 Å². The molecule has 0 saturated heterocycles. The van der Waals surface area contributed by atoms with Gasteiger partial charge in [-0.3, -0.25) is 4.79 Å². The first-order valence-corrected chi connectivity index (χ1v) is 18.2. The van der Waals surface area contributed by atoms with Crippen LogP contribution >= 0.6 is 11.6 Å². The Hall–Kier alpha value is -1.51. The van der Waals surface area contributed by atoms with E-state index in [9.17, 15) is 4.79 Å². The molecule has 1 aliphatic rings. The lowest BCUT2D eigenvalue weighted by molar-refractivity contribution is -0.117. The summed E-state index contributed by atoms with van der Waals surface area (Å²) in [6.07, 6.45) is 4.63. The predicted octanol–water partition coefficient (Wildman–Crippen LogP) is 6.91. The molecular weight excluding hydrogens is 500 g/mol. The molecule has 3 nitrogen and oxygen atoms in total. The maximum absolute atomic E-state index is 12.6. The van der Waals surface area contributed by atoms with Gasteiger partial charge in [0.1, 0.15) is 0 Å². The highest BCUT2D eigenvalue weighted by Crippen LogP contribution is 2.41. The van der Waals surface area contributed by atoms with Crippen LogP contribution in [0.1, 0.15) is 48.0 Å². The summed E-state index contributed by atoms with van der Waals surface area (Å²) in [6.45, 7) is 18.5. The summed E-state index contributed by atoms with van der Waals surface area (Å²) in [5, 5.41) is 2.13. The predicted molar refractivity (Wildman–Crippen MR) is 157 cm³/mol. The van der Waals surface area contributed by atoms with E-state index >= 15 is 0 Å². The third-order valence-electron chi connectivity index (χ3n) is 8.06. The number of carbonyl (C=O) groups is 1. The number of carbonyl (C=O) groups excluding carboxylic acids is 1. The van der Waals surface area contributed by atoms with Crippen LogP contribution in [-0.2, 0) is 13.6 Å². The van der Waals surface area contributed by atoms with E-state index < -0.39 is 16.6 Å². The van der Waals surface area contributed by atoms with Crippen molar-refractivity contribution >= 4 is 43.9 Å². The Morgan fingerprint density at radius 1 is 0.861 bits per heavy atom. The Balaban J connectivity index is 1.97. The smallest absolute Gasteiger partial charge is 0.261 e. The normalized spacial score (nSPS) is 21.4. The zero-order chi connectivity index (χ0) is 26.8. The van der Waals surface area contributed by atoms with Gasteiger partial charge in [0.2, 0.25) is 5.24 Å². The second kappa shape index (κ2) is 11.1. The molecule has 0 fully saturated rings. The molecule has 0 heterocycles. The molecule has 0 aromatic heterocycles. The van der Waals surface area contributed by atoms with Gasteiger partial charge in [-0.05, 0) is 51.6 Å². The van der Waals surface area contributed by atoms with Crippen LogP contribution in [0.15, 0.2) is 72.8 Å². The summed E-state index contributed by atoms with van der Waals surface area (Å²) in [4.78, 5) is 12.6. The molecule has 0 aliphatic heterocycles. The van der Waals surface area contributed by atoms with Gasteiger partial charge >= 0.3 is 0 Å². The first kappa shape index (κ1) is 29.1. The molecule has 0 saturated carbocycles. The van der Waals surface area contributed by atoms with Crippen LogP contribution < -0.4 is 10.4 Å². The van der Waals surface area contributed by atoms with E-state index in [0.717, 1.165) is 0 Å². The first-order chi connectivity index (χ1) is 16.7. The average Bonchev–Trinajstić information content (AvgIpc) is 2.81. The van der Waals surface area contributed by atoms with Crippen molar-refractivity contribution in [2.24, 2.45) is 11.8 Å². The molecule has 0 unspecified atom stereocenters. The van der Waals surface area contributed by atoms with Crippen molar-refractivity contribution in [3.63, 3.8) is 0 Å². The molecule has 2 aromatic carbocycles. The SMILES string of the molecule is CC(C)(C)[Si](C)(C)OC[C@H]1C=C[C@@H](O[Si](c2ccccc2)(c2ccccc2)C(C)(C)C)C[C@H]1C(=O)Cl. The van der Waals surface area contributed by atoms with E-state index in [4.69, 9.17) is 20.5 Å². The van der Waals surface area contributed by atoms with Crippen LogP contribution in [0.2, 0.25) is 23.2 Å². The number of benzene rings is 2. The van der Waals surface area contributed by atoms with E-state index in [1.54, 1.807) is 0 Å². The minimum atomic E-state index is -2.73. The molecule has 6 heteroatoms. The van der Waals surface area contributed by atoms with Crippen molar-refractivity contribution in [1.29, 1.82) is 0 Å². The Kier molecular flexibility index (Phi) is 8.94. The van der Waals surface area contributed by atoms with Gasteiger partial charge in [0.15, 0.2) is 8.32 Å². The highest BCUT2D eigenvalue weighted by atomic mass is 35.5. The summed E-state index contributed by atoms with van der Waals surface area (Å²) >= 11 is 6.19. The zero-order valence-electron chi connectivity index (χ0n) is 23.2. The molecule has 2 aromatic rings. The van der Waals surface area contributed by atoms with E-state index in [-0.39, 0.29) is 33.3 Å². The van der Waals surface area contributed by atoms with Gasteiger partial charge in [-0.25, -0.2) is 0 Å². The van der Waals surface area contributed by atoms with Gasteiger partial charge in [-0.15, -0.1) is 0 Å². The molecule has 0 N–H and O–H groups in total. The van der Waals surface area contributed by atoms with E-state index in [1.165, 1.54) is 10.4 Å². The molecule has 196 valence electrons. The number of rotatable bonds is 8. The third-order valence-corrected chi connectivity index (χ3v) is 17.9. The van der Waals surface area contributed by atoms with Crippen LogP contribution in [0.3, 0.4) is 0 Å². The van der Waals surface area contributed by atoms with Crippen molar-refractivity contribution in [3.05, 3.63) is 72.8 Å². The van der Waals surface area contributed by atoms with Crippen LogP contribution in [0.5, 0.6) is 0 Å². The van der Waals surface area contributed by atoms with Gasteiger partial charge in [-0.2, -0.15) is 0 Å². The molecule has 3 atom stereocenters. The van der Waals surface area contributed by atoms with Gasteiger partial charge < -0.3 is 8.85 Å². The lowest BCUT2D eigenvalue weighted by Crippen LogP contribution is -2.67. The van der Waals surface area contributed by atoms with E-state index in [1.807, 2.05) is 12.1 Å². The van der Waals surface area contributed by atoms with Crippen LogP contribution in [0.25, 0.3) is 0 Å². The molecule has 0 amide bonds. The van der Waals surface area contributed by atoms with Crippen molar-refractivity contribution in [2.45, 2.75) is 77.2 Å². The molecule has 0 spiro atoms. The maximum Gasteiger partial charge on any atom is 0.261 e. The lowest BCUT2D eigenvalue weighted by atomic mass is 9.84. The molecular formula is C30H43ClO3Si2. The number of hydrogen-bond acceptors (Lipinski definition) is 3. The summed E-state index contributed by atoms with van der Waals surface area (Å²) in [6, 6.07) is 21.2. The Labute approximate surface area is 225 Å². The highest BCUT2D eigenvalue weighted by Gasteiger charge is 2.52.